The summed E-state index contributed by atoms with van der Waals surface area (Å²) in [4.78, 5) is 14.5. The largest absolute Gasteiger partial charge is 0.382 e. The van der Waals surface area contributed by atoms with E-state index in [0.29, 0.717) is 19.7 Å². The number of carbonyl (C=O) groups excluding carboxylic acids is 1. The highest BCUT2D eigenvalue weighted by molar-refractivity contribution is 5.96. The standard InChI is InChI=1S/C15H21N3O2/c1-2-12-10-18(7-8-20-12)15(19)11-3-4-13-14(9-11)17-6-5-16-13/h3-4,9,12,16-17H,2,5-8,10H2,1H3. The third kappa shape index (κ3) is 2.58. The molecule has 1 amide bonds. The summed E-state index contributed by atoms with van der Waals surface area (Å²) in [6, 6.07) is 5.82. The second-order valence-corrected chi connectivity index (χ2v) is 5.27. The van der Waals surface area contributed by atoms with Gasteiger partial charge in [-0.25, -0.2) is 0 Å². The normalized spacial score (nSPS) is 21.6. The van der Waals surface area contributed by atoms with Gasteiger partial charge in [-0.1, -0.05) is 6.92 Å². The Labute approximate surface area is 119 Å². The lowest BCUT2D eigenvalue weighted by Crippen LogP contribution is -2.45. The average Bonchev–Trinajstić information content (AvgIpc) is 2.53. The number of hydrogen-bond acceptors (Lipinski definition) is 4. The maximum atomic E-state index is 12.6. The number of anilines is 2. The molecule has 0 radical (unpaired) electrons. The van der Waals surface area contributed by atoms with Crippen molar-refractivity contribution < 1.29 is 9.53 Å². The van der Waals surface area contributed by atoms with Crippen LogP contribution in [0.15, 0.2) is 18.2 Å². The van der Waals surface area contributed by atoms with E-state index >= 15 is 0 Å². The van der Waals surface area contributed by atoms with E-state index < -0.39 is 0 Å². The van der Waals surface area contributed by atoms with Crippen molar-refractivity contribution in [3.63, 3.8) is 0 Å². The molecule has 1 aromatic rings. The molecule has 0 saturated carbocycles. The fraction of sp³-hybridized carbons (Fsp3) is 0.533. The minimum Gasteiger partial charge on any atom is -0.382 e. The lowest BCUT2D eigenvalue weighted by Gasteiger charge is -2.32. The van der Waals surface area contributed by atoms with E-state index in [1.807, 2.05) is 23.1 Å². The minimum absolute atomic E-state index is 0.0990. The summed E-state index contributed by atoms with van der Waals surface area (Å²) >= 11 is 0. The number of hydrogen-bond donors (Lipinski definition) is 2. The van der Waals surface area contributed by atoms with Gasteiger partial charge in [-0.2, -0.15) is 0 Å². The third-order valence-electron chi connectivity index (χ3n) is 3.90. The van der Waals surface area contributed by atoms with Crippen molar-refractivity contribution in [3.05, 3.63) is 23.8 Å². The summed E-state index contributed by atoms with van der Waals surface area (Å²) in [6.45, 7) is 5.90. The zero-order valence-corrected chi connectivity index (χ0v) is 11.8. The number of rotatable bonds is 2. The Balaban J connectivity index is 1.76. The molecule has 108 valence electrons. The lowest BCUT2D eigenvalue weighted by molar-refractivity contribution is -0.0226. The molecular weight excluding hydrogens is 254 g/mol. The van der Waals surface area contributed by atoms with Crippen LogP contribution in [0.3, 0.4) is 0 Å². The molecular formula is C15H21N3O2. The van der Waals surface area contributed by atoms with E-state index in [1.165, 1.54) is 0 Å². The summed E-state index contributed by atoms with van der Waals surface area (Å²) < 4.78 is 5.62. The first-order valence-electron chi connectivity index (χ1n) is 7.30. The molecule has 5 nitrogen and oxygen atoms in total. The van der Waals surface area contributed by atoms with Crippen LogP contribution < -0.4 is 10.6 Å². The second kappa shape index (κ2) is 5.71. The highest BCUT2D eigenvalue weighted by Crippen LogP contribution is 2.26. The Bertz CT molecular complexity index is 504. The van der Waals surface area contributed by atoms with Gasteiger partial charge < -0.3 is 20.3 Å². The maximum Gasteiger partial charge on any atom is 0.254 e. The quantitative estimate of drug-likeness (QED) is 0.864. The van der Waals surface area contributed by atoms with Gasteiger partial charge in [-0.3, -0.25) is 4.79 Å². The molecule has 5 heteroatoms. The summed E-state index contributed by atoms with van der Waals surface area (Å²) in [7, 11) is 0. The first-order chi connectivity index (χ1) is 9.78. The van der Waals surface area contributed by atoms with Crippen molar-refractivity contribution in [1.29, 1.82) is 0 Å². The smallest absolute Gasteiger partial charge is 0.254 e. The van der Waals surface area contributed by atoms with Gasteiger partial charge in [0.25, 0.3) is 5.91 Å². The van der Waals surface area contributed by atoms with Gasteiger partial charge in [-0.15, -0.1) is 0 Å². The number of benzene rings is 1. The van der Waals surface area contributed by atoms with Gasteiger partial charge in [0, 0.05) is 31.7 Å². The molecule has 2 aliphatic heterocycles. The number of nitrogens with one attached hydrogen (secondary N) is 2. The maximum absolute atomic E-state index is 12.6. The Kier molecular flexibility index (Phi) is 3.78. The van der Waals surface area contributed by atoms with Crippen molar-refractivity contribution in [2.24, 2.45) is 0 Å². The molecule has 1 atom stereocenters. The number of fused-ring (bicyclic) bond motifs is 1. The summed E-state index contributed by atoms with van der Waals surface area (Å²) in [5.41, 5.74) is 2.83. The molecule has 1 unspecified atom stereocenters. The van der Waals surface area contributed by atoms with Crippen LogP contribution in [-0.2, 0) is 4.74 Å². The molecule has 0 aliphatic carbocycles. The highest BCUT2D eigenvalue weighted by atomic mass is 16.5. The fourth-order valence-electron chi connectivity index (χ4n) is 2.71. The van der Waals surface area contributed by atoms with E-state index in [-0.39, 0.29) is 12.0 Å². The first kappa shape index (κ1) is 13.2. The predicted octanol–water partition coefficient (Wildman–Crippen LogP) is 1.77. The topological polar surface area (TPSA) is 53.6 Å². The zero-order valence-electron chi connectivity index (χ0n) is 11.8. The molecule has 0 spiro atoms. The van der Waals surface area contributed by atoms with Crippen LogP contribution in [-0.4, -0.2) is 49.7 Å². The molecule has 3 rings (SSSR count). The van der Waals surface area contributed by atoms with E-state index in [2.05, 4.69) is 17.6 Å². The van der Waals surface area contributed by atoms with E-state index in [0.717, 1.165) is 36.4 Å². The number of carbonyl (C=O) groups is 1. The molecule has 0 aromatic heterocycles. The third-order valence-corrected chi connectivity index (χ3v) is 3.90. The molecule has 2 N–H and O–H groups in total. The van der Waals surface area contributed by atoms with Gasteiger partial charge >= 0.3 is 0 Å². The molecule has 2 aliphatic rings. The highest BCUT2D eigenvalue weighted by Gasteiger charge is 2.24. The molecule has 2 heterocycles. The Morgan fingerprint density at radius 1 is 1.35 bits per heavy atom. The monoisotopic (exact) mass is 275 g/mol. The van der Waals surface area contributed by atoms with Crippen LogP contribution >= 0.6 is 0 Å². The van der Waals surface area contributed by atoms with Gasteiger partial charge in [0.1, 0.15) is 0 Å². The van der Waals surface area contributed by atoms with Gasteiger partial charge in [0.2, 0.25) is 0 Å². The SMILES string of the molecule is CCC1CN(C(=O)c2ccc3c(c2)NCCN3)CCO1. The summed E-state index contributed by atoms with van der Waals surface area (Å²) in [6.07, 6.45) is 1.12. The Hall–Kier alpha value is -1.75. The van der Waals surface area contributed by atoms with Crippen molar-refractivity contribution in [2.45, 2.75) is 19.4 Å². The van der Waals surface area contributed by atoms with Crippen LogP contribution in [0, 0.1) is 0 Å². The van der Waals surface area contributed by atoms with Gasteiger partial charge in [-0.05, 0) is 24.6 Å². The average molecular weight is 275 g/mol. The van der Waals surface area contributed by atoms with E-state index in [9.17, 15) is 4.79 Å². The van der Waals surface area contributed by atoms with Crippen LogP contribution in [0.25, 0.3) is 0 Å². The first-order valence-corrected chi connectivity index (χ1v) is 7.30. The molecule has 20 heavy (non-hydrogen) atoms. The fourth-order valence-corrected chi connectivity index (χ4v) is 2.71. The number of amides is 1. The Morgan fingerprint density at radius 2 is 2.15 bits per heavy atom. The van der Waals surface area contributed by atoms with Crippen molar-refractivity contribution >= 4 is 17.3 Å². The molecule has 1 saturated heterocycles. The van der Waals surface area contributed by atoms with Crippen LogP contribution in [0.1, 0.15) is 23.7 Å². The molecule has 1 fully saturated rings. The van der Waals surface area contributed by atoms with Crippen LogP contribution in [0.2, 0.25) is 0 Å². The molecule has 1 aromatic carbocycles. The van der Waals surface area contributed by atoms with Crippen molar-refractivity contribution in [3.8, 4) is 0 Å². The Morgan fingerprint density at radius 3 is 2.95 bits per heavy atom. The van der Waals surface area contributed by atoms with Crippen molar-refractivity contribution in [1.82, 2.24) is 4.90 Å². The molecule has 0 bridgehead atoms. The zero-order chi connectivity index (χ0) is 13.9. The van der Waals surface area contributed by atoms with E-state index in [4.69, 9.17) is 4.74 Å². The number of ether oxygens (including phenoxy) is 1. The van der Waals surface area contributed by atoms with E-state index in [1.54, 1.807) is 0 Å². The van der Waals surface area contributed by atoms with Gasteiger partial charge in [0.15, 0.2) is 0 Å². The summed E-state index contributed by atoms with van der Waals surface area (Å²) in [5.74, 6) is 0.0990. The lowest BCUT2D eigenvalue weighted by atomic mass is 10.1. The van der Waals surface area contributed by atoms with Gasteiger partial charge in [0.05, 0.1) is 24.1 Å². The van der Waals surface area contributed by atoms with Crippen molar-refractivity contribution in [2.75, 3.05) is 43.4 Å². The second-order valence-electron chi connectivity index (χ2n) is 5.27. The van der Waals surface area contributed by atoms with Crippen LogP contribution in [0.5, 0.6) is 0 Å². The number of nitrogens with zero attached hydrogens (tertiary/aromatic N) is 1. The number of morpholine rings is 1. The summed E-state index contributed by atoms with van der Waals surface area (Å²) in [5, 5.41) is 6.64. The predicted molar refractivity (Wildman–Crippen MR) is 79.4 cm³/mol. The minimum atomic E-state index is 0.0990. The van der Waals surface area contributed by atoms with Crippen LogP contribution in [0.4, 0.5) is 11.4 Å².